The Kier molecular flexibility index (Phi) is 4.79. The molecule has 0 saturated carbocycles. The third-order valence-corrected chi connectivity index (χ3v) is 3.85. The van der Waals surface area contributed by atoms with Gasteiger partial charge in [-0.05, 0) is 22.9 Å². The van der Waals surface area contributed by atoms with Crippen molar-refractivity contribution < 1.29 is 9.53 Å². The molecule has 0 aliphatic heterocycles. The summed E-state index contributed by atoms with van der Waals surface area (Å²) < 4.78 is 4.89. The highest BCUT2D eigenvalue weighted by Gasteiger charge is 2.24. The van der Waals surface area contributed by atoms with E-state index in [1.165, 1.54) is 12.5 Å². The topological polar surface area (TPSA) is 54.1 Å². The van der Waals surface area contributed by atoms with Crippen LogP contribution >= 0.6 is 0 Å². The maximum Gasteiger partial charge on any atom is 0.323 e. The molecular formula is C16H22N2O2. The van der Waals surface area contributed by atoms with Gasteiger partial charge in [0.05, 0.1) is 7.11 Å². The molecule has 0 radical (unpaired) electrons. The number of methoxy groups -OCH3 is 1. The van der Waals surface area contributed by atoms with Crippen LogP contribution in [0.5, 0.6) is 0 Å². The van der Waals surface area contributed by atoms with Gasteiger partial charge in [-0.3, -0.25) is 10.1 Å². The molecule has 0 amide bonds. The number of rotatable bonds is 6. The largest absolute Gasteiger partial charge is 0.468 e. The zero-order valence-electron chi connectivity index (χ0n) is 12.3. The Morgan fingerprint density at radius 1 is 1.40 bits per heavy atom. The van der Waals surface area contributed by atoms with E-state index in [2.05, 4.69) is 36.3 Å². The van der Waals surface area contributed by atoms with Crippen molar-refractivity contribution in [3.05, 3.63) is 36.0 Å². The second kappa shape index (κ2) is 6.57. The molecule has 2 rings (SSSR count). The lowest BCUT2D eigenvalue weighted by Crippen LogP contribution is -2.42. The molecule has 0 aliphatic carbocycles. The minimum Gasteiger partial charge on any atom is -0.468 e. The molecule has 1 heterocycles. The number of ether oxygens (including phenoxy) is 1. The monoisotopic (exact) mass is 274 g/mol. The third-order valence-electron chi connectivity index (χ3n) is 3.85. The number of esters is 1. The molecule has 0 bridgehead atoms. The Bertz CT molecular complexity index is 577. The van der Waals surface area contributed by atoms with Crippen molar-refractivity contribution in [3.8, 4) is 0 Å². The molecule has 0 aliphatic rings. The van der Waals surface area contributed by atoms with Gasteiger partial charge in [-0.25, -0.2) is 0 Å². The summed E-state index contributed by atoms with van der Waals surface area (Å²) in [5.74, 6) is 0.0447. The first-order valence-electron chi connectivity index (χ1n) is 7.03. The van der Waals surface area contributed by atoms with Crippen LogP contribution in [0.4, 0.5) is 0 Å². The first-order chi connectivity index (χ1) is 9.67. The third kappa shape index (κ3) is 3.02. The molecule has 2 atom stereocenters. The van der Waals surface area contributed by atoms with E-state index in [9.17, 15) is 4.79 Å². The highest BCUT2D eigenvalue weighted by molar-refractivity contribution is 5.82. The molecule has 0 saturated heterocycles. The van der Waals surface area contributed by atoms with Gasteiger partial charge in [0, 0.05) is 18.3 Å². The minimum absolute atomic E-state index is 0.196. The number of benzene rings is 1. The molecule has 1 aromatic carbocycles. The molecule has 4 heteroatoms. The van der Waals surface area contributed by atoms with Crippen molar-refractivity contribution in [3.63, 3.8) is 0 Å². The normalized spacial score (nSPS) is 14.2. The van der Waals surface area contributed by atoms with E-state index < -0.39 is 0 Å². The summed E-state index contributed by atoms with van der Waals surface area (Å²) in [4.78, 5) is 15.1. The van der Waals surface area contributed by atoms with Crippen LogP contribution in [0, 0.1) is 5.92 Å². The fraction of sp³-hybridized carbons (Fsp3) is 0.438. The number of aromatic amines is 1. The standard InChI is InChI=1S/C16H22N2O2/c1-4-11(2)14(16(19)20-3)18-10-13-7-5-6-12-8-9-17-15(12)13/h5-9,11,14,17-18H,4,10H2,1-3H3. The van der Waals surface area contributed by atoms with E-state index >= 15 is 0 Å². The summed E-state index contributed by atoms with van der Waals surface area (Å²) in [6, 6.07) is 7.95. The summed E-state index contributed by atoms with van der Waals surface area (Å²) in [7, 11) is 1.44. The Morgan fingerprint density at radius 3 is 2.90 bits per heavy atom. The van der Waals surface area contributed by atoms with Crippen LogP contribution in [0.2, 0.25) is 0 Å². The van der Waals surface area contributed by atoms with Gasteiger partial charge in [-0.15, -0.1) is 0 Å². The smallest absolute Gasteiger partial charge is 0.323 e. The molecule has 1 aromatic heterocycles. The maximum atomic E-state index is 11.9. The second-order valence-electron chi connectivity index (χ2n) is 5.13. The first kappa shape index (κ1) is 14.6. The van der Waals surface area contributed by atoms with E-state index in [0.29, 0.717) is 6.54 Å². The average Bonchev–Trinajstić information content (AvgIpc) is 2.95. The van der Waals surface area contributed by atoms with Crippen LogP contribution in [-0.2, 0) is 16.1 Å². The van der Waals surface area contributed by atoms with Crippen molar-refractivity contribution in [2.75, 3.05) is 7.11 Å². The highest BCUT2D eigenvalue weighted by Crippen LogP contribution is 2.17. The van der Waals surface area contributed by atoms with Gasteiger partial charge in [-0.1, -0.05) is 38.5 Å². The summed E-state index contributed by atoms with van der Waals surface area (Å²) in [6.07, 6.45) is 2.86. The fourth-order valence-corrected chi connectivity index (χ4v) is 2.40. The number of carbonyl (C=O) groups is 1. The maximum absolute atomic E-state index is 11.9. The lowest BCUT2D eigenvalue weighted by Gasteiger charge is -2.22. The molecule has 4 nitrogen and oxygen atoms in total. The summed E-state index contributed by atoms with van der Waals surface area (Å²) in [5, 5.41) is 4.51. The zero-order valence-corrected chi connectivity index (χ0v) is 12.3. The van der Waals surface area contributed by atoms with Crippen LogP contribution in [0.15, 0.2) is 30.5 Å². The average molecular weight is 274 g/mol. The molecule has 2 aromatic rings. The van der Waals surface area contributed by atoms with Gasteiger partial charge in [-0.2, -0.15) is 0 Å². The number of H-pyrrole nitrogens is 1. The van der Waals surface area contributed by atoms with Gasteiger partial charge < -0.3 is 9.72 Å². The molecular weight excluding hydrogens is 252 g/mol. The van der Waals surface area contributed by atoms with Crippen molar-refractivity contribution in [2.45, 2.75) is 32.9 Å². The highest BCUT2D eigenvalue weighted by atomic mass is 16.5. The van der Waals surface area contributed by atoms with Gasteiger partial charge in [0.15, 0.2) is 0 Å². The summed E-state index contributed by atoms with van der Waals surface area (Å²) >= 11 is 0. The van der Waals surface area contributed by atoms with Crippen molar-refractivity contribution in [1.29, 1.82) is 0 Å². The van der Waals surface area contributed by atoms with Gasteiger partial charge >= 0.3 is 5.97 Å². The second-order valence-corrected chi connectivity index (χ2v) is 5.13. The predicted octanol–water partition coefficient (Wildman–Crippen LogP) is 2.85. The molecule has 2 unspecified atom stereocenters. The Labute approximate surface area is 119 Å². The Morgan fingerprint density at radius 2 is 2.20 bits per heavy atom. The number of hydrogen-bond donors (Lipinski definition) is 2. The minimum atomic E-state index is -0.268. The number of aromatic nitrogens is 1. The number of hydrogen-bond acceptors (Lipinski definition) is 3. The molecule has 2 N–H and O–H groups in total. The number of para-hydroxylation sites is 1. The van der Waals surface area contributed by atoms with Gasteiger partial charge in [0.25, 0.3) is 0 Å². The van der Waals surface area contributed by atoms with E-state index in [1.807, 2.05) is 18.3 Å². The zero-order chi connectivity index (χ0) is 14.5. The van der Waals surface area contributed by atoms with Gasteiger partial charge in [0.2, 0.25) is 0 Å². The number of carbonyl (C=O) groups excluding carboxylic acids is 1. The van der Waals surface area contributed by atoms with Crippen molar-refractivity contribution in [2.24, 2.45) is 5.92 Å². The SMILES string of the molecule is CCC(C)C(NCc1cccc2cc[nH]c12)C(=O)OC. The van der Waals surface area contributed by atoms with E-state index in [1.54, 1.807) is 0 Å². The van der Waals surface area contributed by atoms with Crippen molar-refractivity contribution >= 4 is 16.9 Å². The van der Waals surface area contributed by atoms with E-state index in [0.717, 1.165) is 17.5 Å². The first-order valence-corrected chi connectivity index (χ1v) is 7.03. The fourth-order valence-electron chi connectivity index (χ4n) is 2.40. The van der Waals surface area contributed by atoms with Crippen molar-refractivity contribution in [1.82, 2.24) is 10.3 Å². The van der Waals surface area contributed by atoms with Gasteiger partial charge in [0.1, 0.15) is 6.04 Å². The number of nitrogens with one attached hydrogen (secondary N) is 2. The predicted molar refractivity (Wildman–Crippen MR) is 80.4 cm³/mol. The molecule has 108 valence electrons. The van der Waals surface area contributed by atoms with Crippen LogP contribution < -0.4 is 5.32 Å². The van der Waals surface area contributed by atoms with Crippen LogP contribution in [0.25, 0.3) is 10.9 Å². The Hall–Kier alpha value is -1.81. The van der Waals surface area contributed by atoms with E-state index in [4.69, 9.17) is 4.74 Å². The molecule has 0 fully saturated rings. The number of fused-ring (bicyclic) bond motifs is 1. The summed E-state index contributed by atoms with van der Waals surface area (Å²) in [6.45, 7) is 4.78. The van der Waals surface area contributed by atoms with Crippen LogP contribution in [0.1, 0.15) is 25.8 Å². The van der Waals surface area contributed by atoms with Crippen LogP contribution in [0.3, 0.4) is 0 Å². The lowest BCUT2D eigenvalue weighted by atomic mass is 9.99. The summed E-state index contributed by atoms with van der Waals surface area (Å²) in [5.41, 5.74) is 2.28. The van der Waals surface area contributed by atoms with Crippen LogP contribution in [-0.4, -0.2) is 24.1 Å². The quantitative estimate of drug-likeness (QED) is 0.796. The molecule has 20 heavy (non-hydrogen) atoms. The Balaban J connectivity index is 2.12. The lowest BCUT2D eigenvalue weighted by molar-refractivity contribution is -0.144. The van der Waals surface area contributed by atoms with E-state index in [-0.39, 0.29) is 17.9 Å². The molecule has 0 spiro atoms.